The maximum Gasteiger partial charge on any atom is 0.217 e. The number of ether oxygens (including phenoxy) is 1. The zero-order chi connectivity index (χ0) is 13.7. The molecule has 0 radical (unpaired) electrons. The van der Waals surface area contributed by atoms with Crippen LogP contribution >= 0.6 is 0 Å². The Labute approximate surface area is 114 Å². The van der Waals surface area contributed by atoms with Crippen LogP contribution < -0.4 is 15.8 Å². The molecule has 19 heavy (non-hydrogen) atoms. The number of nitrogens with one attached hydrogen (secondary N) is 1. The van der Waals surface area contributed by atoms with E-state index in [9.17, 15) is 4.79 Å². The van der Waals surface area contributed by atoms with E-state index in [-0.39, 0.29) is 5.91 Å². The molecule has 1 saturated carbocycles. The van der Waals surface area contributed by atoms with E-state index < -0.39 is 0 Å². The Morgan fingerprint density at radius 2 is 2.05 bits per heavy atom. The lowest BCUT2D eigenvalue weighted by Gasteiger charge is -2.36. The summed E-state index contributed by atoms with van der Waals surface area (Å²) >= 11 is 0. The Kier molecular flexibility index (Phi) is 4.80. The minimum absolute atomic E-state index is 0.216. The minimum Gasteiger partial charge on any atom is -0.497 e. The first kappa shape index (κ1) is 13.9. The second-order valence-electron chi connectivity index (χ2n) is 5.16. The van der Waals surface area contributed by atoms with Crippen molar-refractivity contribution in [2.75, 3.05) is 13.7 Å². The Balaban J connectivity index is 1.66. The van der Waals surface area contributed by atoms with Crippen molar-refractivity contribution >= 4 is 5.91 Å². The topological polar surface area (TPSA) is 64.3 Å². The van der Waals surface area contributed by atoms with Crippen LogP contribution in [0.1, 0.15) is 37.2 Å². The van der Waals surface area contributed by atoms with Crippen molar-refractivity contribution in [1.29, 1.82) is 0 Å². The molecule has 1 aliphatic carbocycles. The van der Waals surface area contributed by atoms with Crippen LogP contribution in [0.15, 0.2) is 24.3 Å². The monoisotopic (exact) mass is 262 g/mol. The number of hydrogen-bond acceptors (Lipinski definition) is 3. The number of hydrogen-bond donors (Lipinski definition) is 2. The molecule has 4 nitrogen and oxygen atoms in total. The predicted molar refractivity (Wildman–Crippen MR) is 75.2 cm³/mol. The number of primary amides is 1. The van der Waals surface area contributed by atoms with Gasteiger partial charge in [-0.2, -0.15) is 0 Å². The molecule has 104 valence electrons. The molecule has 0 atom stereocenters. The van der Waals surface area contributed by atoms with Crippen molar-refractivity contribution in [3.05, 3.63) is 29.8 Å². The standard InChI is InChI=1S/C15H22N2O2/c1-19-14-6-4-11(5-7-14)12-9-13(10-12)17-8-2-3-15(16)18/h4-7,12-13,17H,2-3,8-10H2,1H3,(H2,16,18). The van der Waals surface area contributed by atoms with E-state index in [1.165, 1.54) is 18.4 Å². The molecule has 0 saturated heterocycles. The number of rotatable bonds is 7. The van der Waals surface area contributed by atoms with E-state index >= 15 is 0 Å². The van der Waals surface area contributed by atoms with Crippen LogP contribution in [0.2, 0.25) is 0 Å². The van der Waals surface area contributed by atoms with Crippen LogP contribution in [0.25, 0.3) is 0 Å². The highest BCUT2D eigenvalue weighted by molar-refractivity contribution is 5.73. The SMILES string of the molecule is COc1ccc(C2CC(NCCCC(N)=O)C2)cc1. The second-order valence-corrected chi connectivity index (χ2v) is 5.16. The van der Waals surface area contributed by atoms with Crippen molar-refractivity contribution in [1.82, 2.24) is 5.32 Å². The zero-order valence-corrected chi connectivity index (χ0v) is 11.4. The van der Waals surface area contributed by atoms with Crippen LogP contribution in [0.4, 0.5) is 0 Å². The van der Waals surface area contributed by atoms with Gasteiger partial charge < -0.3 is 15.8 Å². The van der Waals surface area contributed by atoms with Crippen molar-refractivity contribution in [2.45, 2.75) is 37.6 Å². The molecular weight excluding hydrogens is 240 g/mol. The van der Waals surface area contributed by atoms with Gasteiger partial charge in [-0.25, -0.2) is 0 Å². The zero-order valence-electron chi connectivity index (χ0n) is 11.4. The van der Waals surface area contributed by atoms with Crippen LogP contribution in [-0.2, 0) is 4.79 Å². The van der Waals surface area contributed by atoms with Gasteiger partial charge in [-0.3, -0.25) is 4.79 Å². The summed E-state index contributed by atoms with van der Waals surface area (Å²) in [7, 11) is 1.68. The predicted octanol–water partition coefficient (Wildman–Crippen LogP) is 1.80. The number of carbonyl (C=O) groups excluding carboxylic acids is 1. The molecule has 1 aromatic rings. The quantitative estimate of drug-likeness (QED) is 0.736. The smallest absolute Gasteiger partial charge is 0.217 e. The number of nitrogens with two attached hydrogens (primary N) is 1. The Morgan fingerprint density at radius 3 is 2.63 bits per heavy atom. The normalized spacial score (nSPS) is 21.7. The fraction of sp³-hybridized carbons (Fsp3) is 0.533. The highest BCUT2D eigenvalue weighted by Gasteiger charge is 2.29. The number of carbonyl (C=O) groups is 1. The van der Waals surface area contributed by atoms with Crippen LogP contribution in [0.3, 0.4) is 0 Å². The fourth-order valence-electron chi connectivity index (χ4n) is 2.50. The van der Waals surface area contributed by atoms with E-state index in [1.54, 1.807) is 7.11 Å². The lowest BCUT2D eigenvalue weighted by molar-refractivity contribution is -0.118. The average Bonchev–Trinajstić information content (AvgIpc) is 2.36. The molecule has 2 rings (SSSR count). The molecule has 4 heteroatoms. The van der Waals surface area contributed by atoms with E-state index in [4.69, 9.17) is 10.5 Å². The molecule has 0 aromatic heterocycles. The summed E-state index contributed by atoms with van der Waals surface area (Å²) in [5, 5.41) is 3.46. The van der Waals surface area contributed by atoms with E-state index in [0.29, 0.717) is 18.4 Å². The molecule has 0 heterocycles. The van der Waals surface area contributed by atoms with Crippen molar-refractivity contribution < 1.29 is 9.53 Å². The Morgan fingerprint density at radius 1 is 1.37 bits per heavy atom. The van der Waals surface area contributed by atoms with Gasteiger partial charge in [0.1, 0.15) is 5.75 Å². The third kappa shape index (κ3) is 3.96. The Bertz CT molecular complexity index is 411. The van der Waals surface area contributed by atoms with Crippen molar-refractivity contribution in [2.24, 2.45) is 5.73 Å². The lowest BCUT2D eigenvalue weighted by atomic mass is 9.76. The molecule has 3 N–H and O–H groups in total. The highest BCUT2D eigenvalue weighted by atomic mass is 16.5. The van der Waals surface area contributed by atoms with Crippen LogP contribution in [0, 0.1) is 0 Å². The summed E-state index contributed by atoms with van der Waals surface area (Å²) in [5.41, 5.74) is 6.49. The van der Waals surface area contributed by atoms with Gasteiger partial charge in [0.15, 0.2) is 0 Å². The van der Waals surface area contributed by atoms with Crippen molar-refractivity contribution in [3.63, 3.8) is 0 Å². The van der Waals surface area contributed by atoms with E-state index in [1.807, 2.05) is 12.1 Å². The third-order valence-corrected chi connectivity index (χ3v) is 3.76. The first-order valence-corrected chi connectivity index (χ1v) is 6.84. The fourth-order valence-corrected chi connectivity index (χ4v) is 2.50. The summed E-state index contributed by atoms with van der Waals surface area (Å²) in [4.78, 5) is 10.6. The molecule has 0 spiro atoms. The molecule has 1 amide bonds. The summed E-state index contributed by atoms with van der Waals surface area (Å²) < 4.78 is 5.16. The number of benzene rings is 1. The number of methoxy groups -OCH3 is 1. The average molecular weight is 262 g/mol. The van der Waals surface area contributed by atoms with Gasteiger partial charge in [0.05, 0.1) is 7.11 Å². The maximum atomic E-state index is 10.6. The minimum atomic E-state index is -0.216. The molecule has 0 aliphatic heterocycles. The molecular formula is C15H22N2O2. The van der Waals surface area contributed by atoms with Crippen molar-refractivity contribution in [3.8, 4) is 5.75 Å². The second kappa shape index (κ2) is 6.57. The summed E-state index contributed by atoms with van der Waals surface area (Å²) in [5.74, 6) is 1.34. The van der Waals surface area contributed by atoms with E-state index in [0.717, 1.165) is 18.7 Å². The maximum absolute atomic E-state index is 10.6. The van der Waals surface area contributed by atoms with Gasteiger partial charge in [-0.1, -0.05) is 12.1 Å². The van der Waals surface area contributed by atoms with Gasteiger partial charge >= 0.3 is 0 Å². The van der Waals surface area contributed by atoms with Gasteiger partial charge in [-0.05, 0) is 49.4 Å². The number of amides is 1. The largest absolute Gasteiger partial charge is 0.497 e. The highest BCUT2D eigenvalue weighted by Crippen LogP contribution is 2.37. The molecule has 0 bridgehead atoms. The molecule has 0 unspecified atom stereocenters. The Hall–Kier alpha value is -1.55. The first-order valence-electron chi connectivity index (χ1n) is 6.84. The third-order valence-electron chi connectivity index (χ3n) is 3.76. The molecule has 1 aromatic carbocycles. The summed E-state index contributed by atoms with van der Waals surface area (Å²) in [6.45, 7) is 0.878. The van der Waals surface area contributed by atoms with Crippen LogP contribution in [-0.4, -0.2) is 25.6 Å². The first-order chi connectivity index (χ1) is 9.19. The lowest BCUT2D eigenvalue weighted by Crippen LogP contribution is -2.40. The molecule has 1 aliphatic rings. The summed E-state index contributed by atoms with van der Waals surface area (Å²) in [6.07, 6.45) is 3.65. The van der Waals surface area contributed by atoms with Gasteiger partial charge in [0, 0.05) is 12.5 Å². The summed E-state index contributed by atoms with van der Waals surface area (Å²) in [6, 6.07) is 8.91. The van der Waals surface area contributed by atoms with Gasteiger partial charge in [-0.15, -0.1) is 0 Å². The van der Waals surface area contributed by atoms with E-state index in [2.05, 4.69) is 17.4 Å². The molecule has 1 fully saturated rings. The van der Waals surface area contributed by atoms with Gasteiger partial charge in [0.25, 0.3) is 0 Å². The van der Waals surface area contributed by atoms with Gasteiger partial charge in [0.2, 0.25) is 5.91 Å². The van der Waals surface area contributed by atoms with Crippen LogP contribution in [0.5, 0.6) is 5.75 Å².